The van der Waals surface area contributed by atoms with Crippen molar-refractivity contribution in [3.63, 3.8) is 0 Å². The molecule has 0 aliphatic carbocycles. The second kappa shape index (κ2) is 26.7. The largest absolute Gasteiger partial charge is 0.491 e. The first kappa shape index (κ1) is 63.8. The van der Waals surface area contributed by atoms with Crippen LogP contribution >= 0.6 is 0 Å². The van der Waals surface area contributed by atoms with E-state index in [0.29, 0.717) is 74.3 Å². The lowest BCUT2D eigenvalue weighted by Gasteiger charge is -2.49. The standard InChI is InChI=1S/C57H90N4O18/c1-15-41-57(10,70)49(65)32(4)44(59-72-14)30(2)27-55(8,69)50(79-54-47(64)39(60(11)12)24-31(3)74-54)33(5)48(34(6)53(68)76-41)78-43-28-56(9,71-13)51(35(7)75-43)77-42(62)19-21-58-20-16-18-36-25-37-45-40(26-36)73-23-17-22-61(45)29-38(46(37)63)52(66)67/h25-26,29-35,39,41,43,47-51,54,58,64-65,69-70H,15-24,27-28H2,1-14H3,(H,66,67)/b59-44+/t30-,31-,32+,33+,34-,35+,39+,41-,43+,47-,48+,49-,50-,51+,54+,55-,56-,57-/m1/s1. The fraction of sp³-hybridized carbons (Fsp3) is 0.772. The number of hydrogen-bond acceptors (Lipinski definition) is 20. The topological polar surface area (TPSA) is 285 Å². The van der Waals surface area contributed by atoms with Crippen LogP contribution in [0.3, 0.4) is 0 Å². The van der Waals surface area contributed by atoms with E-state index in [1.54, 1.807) is 59.1 Å². The zero-order valence-corrected chi connectivity index (χ0v) is 48.8. The summed E-state index contributed by atoms with van der Waals surface area (Å²) in [5.41, 5.74) is -4.05. The third kappa shape index (κ3) is 14.5. The number of carbonyl (C=O) groups excluding carboxylic acids is 2. The van der Waals surface area contributed by atoms with Crippen molar-refractivity contribution in [3.05, 3.63) is 39.7 Å². The summed E-state index contributed by atoms with van der Waals surface area (Å²) in [6.45, 7) is 18.7. The maximum absolute atomic E-state index is 14.6. The molecule has 0 bridgehead atoms. The second-order valence-corrected chi connectivity index (χ2v) is 23.4. The predicted octanol–water partition coefficient (Wildman–Crippen LogP) is 4.18. The molecule has 0 radical (unpaired) electrons. The monoisotopic (exact) mass is 1120 g/mol. The smallest absolute Gasteiger partial charge is 0.341 e. The number of aromatic nitrogens is 1. The van der Waals surface area contributed by atoms with Gasteiger partial charge in [-0.1, -0.05) is 32.9 Å². The Hall–Kier alpha value is -4.33. The van der Waals surface area contributed by atoms with Crippen LogP contribution in [0.15, 0.2) is 28.3 Å². The fourth-order valence-corrected chi connectivity index (χ4v) is 12.4. The molecule has 6 N–H and O–H groups in total. The Kier molecular flexibility index (Phi) is 21.6. The lowest BCUT2D eigenvalue weighted by Crippen LogP contribution is -2.61. The number of aryl methyl sites for hydroxylation is 2. The summed E-state index contributed by atoms with van der Waals surface area (Å²) in [6, 6.07) is 3.26. The van der Waals surface area contributed by atoms with E-state index >= 15 is 0 Å². The number of carboxylic acids is 1. The summed E-state index contributed by atoms with van der Waals surface area (Å²) < 4.78 is 52.6. The number of likely N-dealkylation sites (N-methyl/N-ethyl adjacent to an activating group) is 1. The van der Waals surface area contributed by atoms with E-state index in [4.69, 9.17) is 42.7 Å². The number of rotatable bonds is 17. The quantitative estimate of drug-likeness (QED) is 0.0736. The van der Waals surface area contributed by atoms with Crippen molar-refractivity contribution in [1.29, 1.82) is 0 Å². The average Bonchev–Trinajstić information content (AvgIpc) is 3.70. The summed E-state index contributed by atoms with van der Waals surface area (Å²) in [6.07, 6.45) is -6.73. The lowest BCUT2D eigenvalue weighted by atomic mass is 9.73. The zero-order valence-electron chi connectivity index (χ0n) is 48.8. The number of oxime groups is 1. The Labute approximate surface area is 464 Å². The fourth-order valence-electron chi connectivity index (χ4n) is 12.4. The van der Waals surface area contributed by atoms with Crippen LogP contribution in [-0.2, 0) is 60.6 Å². The van der Waals surface area contributed by atoms with E-state index < -0.39 is 119 Å². The SMILES string of the molecule is CC[C@H]1OC(=O)[C@H](C)[C@@H](O[C@H]2C[C@@](C)(OC)[C@@H](OC(=O)CCNCCCc3cc4c5c(c3)c(=O)c(C(=O)O)cn5CCCO4)[C@H](C)O2)[C@H](C)[C@@H](O[C@@H]2O[C@H](C)C[C@H](N(C)C)[C@H]2O)[C@](C)(O)C[C@@H](C)/C(=N\OC)[C@H](C)[C@@H](O)[C@]1(C)O. The van der Waals surface area contributed by atoms with Gasteiger partial charge in [-0.05, 0) is 118 Å². The summed E-state index contributed by atoms with van der Waals surface area (Å²) in [5.74, 6) is -5.50. The van der Waals surface area contributed by atoms with Gasteiger partial charge in [-0.25, -0.2) is 4.79 Å². The molecule has 0 amide bonds. The highest BCUT2D eigenvalue weighted by Crippen LogP contribution is 2.42. The Morgan fingerprint density at radius 3 is 2.30 bits per heavy atom. The molecule has 1 aromatic heterocycles. The van der Waals surface area contributed by atoms with Crippen molar-refractivity contribution in [1.82, 2.24) is 14.8 Å². The molecule has 6 rings (SSSR count). The van der Waals surface area contributed by atoms with Crippen LogP contribution in [0.2, 0.25) is 0 Å². The minimum absolute atomic E-state index is 0.0145. The molecular weight excluding hydrogens is 1030 g/mol. The van der Waals surface area contributed by atoms with Crippen molar-refractivity contribution in [2.24, 2.45) is 28.8 Å². The number of ether oxygens (including phenoxy) is 8. The van der Waals surface area contributed by atoms with E-state index in [9.17, 15) is 44.7 Å². The number of aliphatic hydroxyl groups is 4. The van der Waals surface area contributed by atoms with Gasteiger partial charge in [0.05, 0.1) is 71.7 Å². The first-order chi connectivity index (χ1) is 37.1. The number of carboxylic acid groups (broad SMARTS) is 1. The van der Waals surface area contributed by atoms with Gasteiger partial charge in [0.1, 0.15) is 41.8 Å². The van der Waals surface area contributed by atoms with Gasteiger partial charge >= 0.3 is 17.9 Å². The molecule has 5 heterocycles. The molecule has 2 aromatic rings. The number of nitrogens with one attached hydrogen (secondary N) is 1. The molecule has 79 heavy (non-hydrogen) atoms. The Bertz CT molecular complexity index is 2500. The van der Waals surface area contributed by atoms with E-state index in [1.807, 2.05) is 38.9 Å². The van der Waals surface area contributed by atoms with Gasteiger partial charge in [-0.2, -0.15) is 0 Å². The van der Waals surface area contributed by atoms with Crippen LogP contribution in [0.1, 0.15) is 130 Å². The number of methoxy groups -OCH3 is 1. The van der Waals surface area contributed by atoms with E-state index in [1.165, 1.54) is 27.3 Å². The molecule has 3 fully saturated rings. The van der Waals surface area contributed by atoms with Crippen LogP contribution in [0.25, 0.3) is 10.9 Å². The number of carbonyl (C=O) groups is 3. The summed E-state index contributed by atoms with van der Waals surface area (Å²) >= 11 is 0. The summed E-state index contributed by atoms with van der Waals surface area (Å²) in [7, 11) is 6.56. The zero-order chi connectivity index (χ0) is 58.5. The molecule has 18 atom stereocenters. The number of nitrogens with zero attached hydrogens (tertiary/aromatic N) is 3. The Morgan fingerprint density at radius 1 is 0.949 bits per heavy atom. The number of aliphatic hydroxyl groups excluding tert-OH is 2. The molecule has 446 valence electrons. The van der Waals surface area contributed by atoms with Gasteiger partial charge in [-0.15, -0.1) is 0 Å². The minimum atomic E-state index is -1.98. The highest BCUT2D eigenvalue weighted by molar-refractivity contribution is 5.94. The van der Waals surface area contributed by atoms with Crippen LogP contribution in [0.5, 0.6) is 5.75 Å². The van der Waals surface area contributed by atoms with E-state index in [2.05, 4.69) is 10.5 Å². The molecule has 0 spiro atoms. The van der Waals surface area contributed by atoms with E-state index in [0.717, 1.165) is 5.56 Å². The van der Waals surface area contributed by atoms with Crippen LogP contribution in [0, 0.1) is 23.7 Å². The highest BCUT2D eigenvalue weighted by atomic mass is 16.7. The summed E-state index contributed by atoms with van der Waals surface area (Å²) in [5, 5.41) is 66.1. The molecule has 0 saturated carbocycles. The van der Waals surface area contributed by atoms with Gasteiger partial charge < -0.3 is 83.0 Å². The number of benzene rings is 1. The van der Waals surface area contributed by atoms with E-state index in [-0.39, 0.29) is 43.4 Å². The molecule has 22 nitrogen and oxygen atoms in total. The third-order valence-corrected chi connectivity index (χ3v) is 16.8. The molecule has 0 unspecified atom stereocenters. The number of aromatic carboxylic acids is 1. The van der Waals surface area contributed by atoms with Crippen LogP contribution < -0.4 is 15.5 Å². The maximum Gasteiger partial charge on any atom is 0.341 e. The minimum Gasteiger partial charge on any atom is -0.491 e. The predicted molar refractivity (Wildman–Crippen MR) is 291 cm³/mol. The molecule has 4 aliphatic rings. The maximum atomic E-state index is 14.6. The van der Waals surface area contributed by atoms with Crippen molar-refractivity contribution in [3.8, 4) is 5.75 Å². The first-order valence-corrected chi connectivity index (χ1v) is 28.0. The van der Waals surface area contributed by atoms with Gasteiger partial charge in [0.2, 0.25) is 5.43 Å². The molecular formula is C57H90N4O18. The van der Waals surface area contributed by atoms with Gasteiger partial charge in [0, 0.05) is 56.6 Å². The van der Waals surface area contributed by atoms with Crippen molar-refractivity contribution in [2.45, 2.75) is 211 Å². The lowest BCUT2D eigenvalue weighted by molar-refractivity contribution is -0.318. The molecule has 3 saturated heterocycles. The highest BCUT2D eigenvalue weighted by Gasteiger charge is 2.54. The Morgan fingerprint density at radius 2 is 1.66 bits per heavy atom. The second-order valence-electron chi connectivity index (χ2n) is 23.4. The number of cyclic esters (lactones) is 1. The third-order valence-electron chi connectivity index (χ3n) is 16.8. The van der Waals surface area contributed by atoms with Gasteiger partial charge in [0.15, 0.2) is 18.7 Å². The number of esters is 2. The Balaban J connectivity index is 1.19. The van der Waals surface area contributed by atoms with Crippen molar-refractivity contribution >= 4 is 34.5 Å². The molecule has 4 aliphatic heterocycles. The first-order valence-electron chi connectivity index (χ1n) is 28.0. The molecule has 22 heteroatoms. The average molecular weight is 1120 g/mol. The van der Waals surface area contributed by atoms with Crippen LogP contribution in [0.4, 0.5) is 0 Å². The van der Waals surface area contributed by atoms with Crippen LogP contribution in [-0.4, -0.2) is 191 Å². The van der Waals surface area contributed by atoms with Crippen molar-refractivity contribution in [2.75, 3.05) is 48.0 Å². The van der Waals surface area contributed by atoms with Gasteiger partial charge in [-0.3, -0.25) is 14.4 Å². The number of hydrogen-bond donors (Lipinski definition) is 6. The normalized spacial score (nSPS) is 37.4. The van der Waals surface area contributed by atoms with Gasteiger partial charge in [0.25, 0.3) is 0 Å². The van der Waals surface area contributed by atoms with Crippen molar-refractivity contribution < 1.29 is 82.6 Å². The summed E-state index contributed by atoms with van der Waals surface area (Å²) in [4.78, 5) is 60.4. The number of pyridine rings is 1. The molecule has 1 aromatic carbocycles.